The Kier molecular flexibility index (Phi) is 6.91. The number of methoxy groups -OCH3 is 1. The number of nitrogens with one attached hydrogen (secondary N) is 1. The molecule has 30 heavy (non-hydrogen) atoms. The standard InChI is InChI=1S/C21H25N3O4S2/c1-27-10-5-9-22-17(25)13-29-21-23-19-18(15-7-2-3-8-16(15)30-19)20(26)24(21)12-14-6-4-11-28-14/h4,6,11H,2-3,5,7-10,12-13H2,1H3,(H,22,25). The average Bonchev–Trinajstić information content (AvgIpc) is 3.39. The van der Waals surface area contributed by atoms with Gasteiger partial charge in [0.15, 0.2) is 5.16 Å². The van der Waals surface area contributed by atoms with Crippen LogP contribution in [0, 0.1) is 0 Å². The molecule has 0 atom stereocenters. The van der Waals surface area contributed by atoms with Crippen molar-refractivity contribution in [2.24, 2.45) is 0 Å². The van der Waals surface area contributed by atoms with Crippen LogP contribution in [0.5, 0.6) is 0 Å². The van der Waals surface area contributed by atoms with E-state index < -0.39 is 0 Å². The van der Waals surface area contributed by atoms with Crippen LogP contribution in [0.15, 0.2) is 32.8 Å². The molecule has 7 nitrogen and oxygen atoms in total. The number of ether oxygens (including phenoxy) is 1. The third-order valence-corrected chi connectivity index (χ3v) is 7.28. The third kappa shape index (κ3) is 4.63. The molecule has 3 heterocycles. The Morgan fingerprint density at radius 1 is 1.40 bits per heavy atom. The molecule has 1 N–H and O–H groups in total. The molecular formula is C21H25N3O4S2. The molecule has 0 saturated heterocycles. The maximum Gasteiger partial charge on any atom is 0.263 e. The molecule has 4 rings (SSSR count). The second kappa shape index (κ2) is 9.80. The minimum atomic E-state index is -0.0829. The minimum Gasteiger partial charge on any atom is -0.467 e. The van der Waals surface area contributed by atoms with Crippen LogP contribution in [-0.2, 0) is 28.9 Å². The molecular weight excluding hydrogens is 422 g/mol. The average molecular weight is 448 g/mol. The topological polar surface area (TPSA) is 86.4 Å². The Morgan fingerprint density at radius 2 is 2.27 bits per heavy atom. The van der Waals surface area contributed by atoms with Gasteiger partial charge in [-0.2, -0.15) is 0 Å². The second-order valence-electron chi connectivity index (χ2n) is 7.24. The summed E-state index contributed by atoms with van der Waals surface area (Å²) >= 11 is 2.91. The molecule has 0 unspecified atom stereocenters. The van der Waals surface area contributed by atoms with Crippen molar-refractivity contribution >= 4 is 39.2 Å². The van der Waals surface area contributed by atoms with Crippen molar-refractivity contribution in [1.82, 2.24) is 14.9 Å². The molecule has 3 aromatic heterocycles. The lowest BCUT2D eigenvalue weighted by atomic mass is 9.97. The number of thioether (sulfide) groups is 1. The normalized spacial score (nSPS) is 13.5. The van der Waals surface area contributed by atoms with E-state index in [1.807, 2.05) is 6.07 Å². The van der Waals surface area contributed by atoms with Crippen LogP contribution in [0.1, 0.15) is 35.5 Å². The summed E-state index contributed by atoms with van der Waals surface area (Å²) in [6.45, 7) is 1.48. The summed E-state index contributed by atoms with van der Waals surface area (Å²) in [6.07, 6.45) is 6.57. The van der Waals surface area contributed by atoms with Crippen molar-refractivity contribution in [2.45, 2.75) is 43.8 Å². The molecule has 0 fully saturated rings. The summed E-state index contributed by atoms with van der Waals surface area (Å²) in [5, 5.41) is 4.17. The molecule has 9 heteroatoms. The van der Waals surface area contributed by atoms with Crippen molar-refractivity contribution in [3.8, 4) is 0 Å². The van der Waals surface area contributed by atoms with Gasteiger partial charge in [0.2, 0.25) is 5.91 Å². The summed E-state index contributed by atoms with van der Waals surface area (Å²) in [6, 6.07) is 3.65. The summed E-state index contributed by atoms with van der Waals surface area (Å²) in [7, 11) is 1.64. The number of amides is 1. The number of hydrogen-bond donors (Lipinski definition) is 1. The fourth-order valence-corrected chi connectivity index (χ4v) is 5.78. The maximum atomic E-state index is 13.5. The number of carbonyl (C=O) groups is 1. The molecule has 1 aliphatic carbocycles. The van der Waals surface area contributed by atoms with E-state index in [-0.39, 0.29) is 17.2 Å². The van der Waals surface area contributed by atoms with Gasteiger partial charge in [0.1, 0.15) is 10.6 Å². The lowest BCUT2D eigenvalue weighted by molar-refractivity contribution is -0.118. The van der Waals surface area contributed by atoms with Crippen LogP contribution in [0.3, 0.4) is 0 Å². The van der Waals surface area contributed by atoms with Gasteiger partial charge in [-0.15, -0.1) is 11.3 Å². The highest BCUT2D eigenvalue weighted by atomic mass is 32.2. The Labute approximate surface area is 182 Å². The quantitative estimate of drug-likeness (QED) is 0.308. The van der Waals surface area contributed by atoms with Crippen LogP contribution in [0.4, 0.5) is 0 Å². The number of aromatic nitrogens is 2. The van der Waals surface area contributed by atoms with Crippen molar-refractivity contribution in [1.29, 1.82) is 0 Å². The van der Waals surface area contributed by atoms with Crippen LogP contribution >= 0.6 is 23.1 Å². The van der Waals surface area contributed by atoms with Gasteiger partial charge >= 0.3 is 0 Å². The Hall–Kier alpha value is -2.10. The monoisotopic (exact) mass is 447 g/mol. The van der Waals surface area contributed by atoms with Crippen LogP contribution in [0.2, 0.25) is 0 Å². The molecule has 160 valence electrons. The number of furan rings is 1. The van der Waals surface area contributed by atoms with Crippen LogP contribution in [-0.4, -0.2) is 41.5 Å². The van der Waals surface area contributed by atoms with Crippen molar-refractivity contribution < 1.29 is 13.9 Å². The summed E-state index contributed by atoms with van der Waals surface area (Å²) in [5.41, 5.74) is 1.12. The van der Waals surface area contributed by atoms with Crippen molar-refractivity contribution in [3.63, 3.8) is 0 Å². The van der Waals surface area contributed by atoms with Crippen LogP contribution in [0.25, 0.3) is 10.2 Å². The largest absolute Gasteiger partial charge is 0.467 e. The first-order valence-corrected chi connectivity index (χ1v) is 11.9. The first kappa shape index (κ1) is 21.1. The van der Waals surface area contributed by atoms with E-state index in [0.29, 0.717) is 30.6 Å². The summed E-state index contributed by atoms with van der Waals surface area (Å²) in [4.78, 5) is 32.5. The van der Waals surface area contributed by atoms with Gasteiger partial charge in [-0.05, 0) is 49.8 Å². The van der Waals surface area contributed by atoms with Gasteiger partial charge in [0, 0.05) is 25.1 Å². The zero-order chi connectivity index (χ0) is 20.9. The highest BCUT2D eigenvalue weighted by Gasteiger charge is 2.23. The fraction of sp³-hybridized carbons (Fsp3) is 0.476. The highest BCUT2D eigenvalue weighted by Crippen LogP contribution is 2.34. The van der Waals surface area contributed by atoms with E-state index in [2.05, 4.69) is 5.32 Å². The number of hydrogen-bond acceptors (Lipinski definition) is 7. The number of thiophene rings is 1. The Balaban J connectivity index is 1.61. The molecule has 0 aliphatic heterocycles. The molecule has 0 radical (unpaired) electrons. The minimum absolute atomic E-state index is 0.0428. The molecule has 0 saturated carbocycles. The number of fused-ring (bicyclic) bond motifs is 3. The number of rotatable bonds is 9. The molecule has 0 aromatic carbocycles. The Morgan fingerprint density at radius 3 is 3.07 bits per heavy atom. The number of carbonyl (C=O) groups excluding carboxylic acids is 1. The number of aryl methyl sites for hydroxylation is 2. The third-order valence-electron chi connectivity index (χ3n) is 5.11. The van der Waals surface area contributed by atoms with Crippen molar-refractivity contribution in [2.75, 3.05) is 26.0 Å². The van der Waals surface area contributed by atoms with E-state index in [1.165, 1.54) is 22.2 Å². The van der Waals surface area contributed by atoms with E-state index in [4.69, 9.17) is 14.1 Å². The molecule has 1 amide bonds. The van der Waals surface area contributed by atoms with Gasteiger partial charge in [0.05, 0.1) is 23.9 Å². The van der Waals surface area contributed by atoms with E-state index >= 15 is 0 Å². The predicted octanol–water partition coefficient (Wildman–Crippen LogP) is 3.22. The summed E-state index contributed by atoms with van der Waals surface area (Å²) in [5.74, 6) is 0.808. The molecule has 3 aromatic rings. The lowest BCUT2D eigenvalue weighted by Crippen LogP contribution is -2.28. The van der Waals surface area contributed by atoms with Gasteiger partial charge in [0.25, 0.3) is 5.56 Å². The second-order valence-corrected chi connectivity index (χ2v) is 9.27. The molecule has 0 spiro atoms. The maximum absolute atomic E-state index is 13.5. The van der Waals surface area contributed by atoms with Crippen molar-refractivity contribution in [3.05, 3.63) is 45.0 Å². The molecule has 1 aliphatic rings. The Bertz CT molecular complexity index is 1070. The smallest absolute Gasteiger partial charge is 0.263 e. The first-order valence-electron chi connectivity index (χ1n) is 10.1. The first-order chi connectivity index (χ1) is 14.7. The van der Waals surface area contributed by atoms with Gasteiger partial charge in [-0.1, -0.05) is 11.8 Å². The number of nitrogens with zero attached hydrogens (tertiary/aromatic N) is 2. The lowest BCUT2D eigenvalue weighted by Gasteiger charge is -2.13. The van der Waals surface area contributed by atoms with E-state index in [0.717, 1.165) is 42.3 Å². The van der Waals surface area contributed by atoms with E-state index in [9.17, 15) is 9.59 Å². The predicted molar refractivity (Wildman–Crippen MR) is 119 cm³/mol. The SMILES string of the molecule is COCCCNC(=O)CSc1nc2sc3c(c2c(=O)n1Cc1ccco1)CCCC3. The van der Waals surface area contributed by atoms with Gasteiger partial charge < -0.3 is 14.5 Å². The zero-order valence-corrected chi connectivity index (χ0v) is 18.6. The molecule has 0 bridgehead atoms. The fourth-order valence-electron chi connectivity index (χ4n) is 3.65. The zero-order valence-electron chi connectivity index (χ0n) is 16.9. The van der Waals surface area contributed by atoms with Crippen LogP contribution < -0.4 is 10.9 Å². The highest BCUT2D eigenvalue weighted by molar-refractivity contribution is 7.99. The van der Waals surface area contributed by atoms with E-state index in [1.54, 1.807) is 35.3 Å². The summed E-state index contributed by atoms with van der Waals surface area (Å²) < 4.78 is 12.1. The van der Waals surface area contributed by atoms with Gasteiger partial charge in [-0.25, -0.2) is 4.98 Å². The van der Waals surface area contributed by atoms with Gasteiger partial charge in [-0.3, -0.25) is 14.2 Å².